The molecule has 0 spiro atoms. The van der Waals surface area contributed by atoms with Gasteiger partial charge in [0.05, 0.1) is 6.04 Å². The summed E-state index contributed by atoms with van der Waals surface area (Å²) < 4.78 is 40.9. The molecule has 7 heteroatoms. The van der Waals surface area contributed by atoms with Crippen LogP contribution in [0.5, 0.6) is 0 Å². The topological polar surface area (TPSA) is 61.2 Å². The third-order valence-corrected chi connectivity index (χ3v) is 6.46. The number of sulfonamides is 1. The molecule has 0 radical (unpaired) electrons. The number of hydrogen-bond donors (Lipinski definition) is 0. The molecule has 1 aliphatic heterocycles. The van der Waals surface area contributed by atoms with Crippen molar-refractivity contribution in [3.05, 3.63) is 52.0 Å². The van der Waals surface area contributed by atoms with Gasteiger partial charge in [-0.3, -0.25) is 0 Å². The van der Waals surface area contributed by atoms with Gasteiger partial charge in [-0.05, 0) is 47.4 Å². The summed E-state index contributed by atoms with van der Waals surface area (Å²) in [5.74, 6) is -0.810. The van der Waals surface area contributed by atoms with E-state index < -0.39 is 21.4 Å². The van der Waals surface area contributed by atoms with Crippen molar-refractivity contribution < 1.29 is 12.8 Å². The number of nitrogens with zero attached hydrogens (tertiary/aromatic N) is 2. The first-order chi connectivity index (χ1) is 10.6. The molecule has 22 heavy (non-hydrogen) atoms. The van der Waals surface area contributed by atoms with E-state index in [2.05, 4.69) is 0 Å². The van der Waals surface area contributed by atoms with Crippen molar-refractivity contribution in [3.8, 4) is 6.07 Å². The number of benzene rings is 1. The Morgan fingerprint density at radius 3 is 2.86 bits per heavy atom. The maximum absolute atomic E-state index is 13.7. The maximum Gasteiger partial charge on any atom is 0.245 e. The highest BCUT2D eigenvalue weighted by molar-refractivity contribution is 7.89. The van der Waals surface area contributed by atoms with Crippen LogP contribution in [0.15, 0.2) is 39.9 Å². The van der Waals surface area contributed by atoms with Crippen LogP contribution in [-0.2, 0) is 10.0 Å². The lowest BCUT2D eigenvalue weighted by Crippen LogP contribution is -2.31. The summed E-state index contributed by atoms with van der Waals surface area (Å²) in [6.45, 7) is 0.379. The van der Waals surface area contributed by atoms with Crippen molar-refractivity contribution in [2.75, 3.05) is 6.54 Å². The summed E-state index contributed by atoms with van der Waals surface area (Å²) in [6, 6.07) is 7.03. The zero-order valence-corrected chi connectivity index (χ0v) is 13.2. The Morgan fingerprint density at radius 2 is 2.18 bits per heavy atom. The van der Waals surface area contributed by atoms with Gasteiger partial charge in [0, 0.05) is 6.54 Å². The van der Waals surface area contributed by atoms with Gasteiger partial charge in [0.2, 0.25) is 10.0 Å². The van der Waals surface area contributed by atoms with Gasteiger partial charge in [-0.1, -0.05) is 6.07 Å². The molecule has 1 aliphatic rings. The molecule has 2 aromatic rings. The predicted molar refractivity (Wildman–Crippen MR) is 81.3 cm³/mol. The Hall–Kier alpha value is -1.75. The fourth-order valence-electron chi connectivity index (χ4n) is 2.78. The van der Waals surface area contributed by atoms with Crippen LogP contribution in [0.4, 0.5) is 4.39 Å². The fourth-order valence-corrected chi connectivity index (χ4v) is 5.32. The molecule has 0 unspecified atom stereocenters. The van der Waals surface area contributed by atoms with E-state index in [1.165, 1.54) is 27.8 Å². The molecule has 1 saturated heterocycles. The highest BCUT2D eigenvalue weighted by atomic mass is 32.2. The van der Waals surface area contributed by atoms with Gasteiger partial charge in [0.15, 0.2) is 0 Å². The number of thiophene rings is 1. The van der Waals surface area contributed by atoms with Crippen molar-refractivity contribution in [3.63, 3.8) is 0 Å². The van der Waals surface area contributed by atoms with Crippen LogP contribution >= 0.6 is 11.3 Å². The molecule has 0 aliphatic carbocycles. The standard InChI is InChI=1S/C15H13FN2O2S2/c16-13-3-1-5-15(12(13)9-17)22(19,20)18-7-2-4-14(18)11-6-8-21-10-11/h1,3,5-6,8,10,14H,2,4,7H2/t14-/m1/s1. The van der Waals surface area contributed by atoms with E-state index in [9.17, 15) is 12.8 Å². The SMILES string of the molecule is N#Cc1c(F)cccc1S(=O)(=O)N1CCC[C@@H]1c1ccsc1. The first-order valence-corrected chi connectivity index (χ1v) is 9.16. The third-order valence-electron chi connectivity index (χ3n) is 3.81. The van der Waals surface area contributed by atoms with Crippen LogP contribution in [0.25, 0.3) is 0 Å². The minimum atomic E-state index is -3.90. The lowest BCUT2D eigenvalue weighted by Gasteiger charge is -2.24. The van der Waals surface area contributed by atoms with E-state index in [0.29, 0.717) is 6.54 Å². The molecule has 4 nitrogen and oxygen atoms in total. The first-order valence-electron chi connectivity index (χ1n) is 6.78. The van der Waals surface area contributed by atoms with Gasteiger partial charge < -0.3 is 0 Å². The summed E-state index contributed by atoms with van der Waals surface area (Å²) in [6.07, 6.45) is 1.48. The van der Waals surface area contributed by atoms with Crippen LogP contribution < -0.4 is 0 Å². The smallest absolute Gasteiger partial charge is 0.207 e. The van der Waals surface area contributed by atoms with Crippen molar-refractivity contribution in [2.45, 2.75) is 23.8 Å². The molecule has 0 bridgehead atoms. The molecule has 1 fully saturated rings. The Bertz CT molecular complexity index is 826. The van der Waals surface area contributed by atoms with E-state index in [4.69, 9.17) is 5.26 Å². The molecule has 0 saturated carbocycles. The fraction of sp³-hybridized carbons (Fsp3) is 0.267. The molecule has 1 atom stereocenters. The highest BCUT2D eigenvalue weighted by Crippen LogP contribution is 2.38. The highest BCUT2D eigenvalue weighted by Gasteiger charge is 2.37. The second-order valence-corrected chi connectivity index (χ2v) is 7.69. The lowest BCUT2D eigenvalue weighted by atomic mass is 10.1. The van der Waals surface area contributed by atoms with Gasteiger partial charge in [-0.2, -0.15) is 20.9 Å². The van der Waals surface area contributed by atoms with Crippen LogP contribution in [0, 0.1) is 17.1 Å². The molecule has 0 N–H and O–H groups in total. The van der Waals surface area contributed by atoms with Crippen LogP contribution in [0.2, 0.25) is 0 Å². The van der Waals surface area contributed by atoms with E-state index in [1.54, 1.807) is 6.07 Å². The molecular formula is C15H13FN2O2S2. The summed E-state index contributed by atoms with van der Waals surface area (Å²) >= 11 is 1.51. The number of rotatable bonds is 3. The Balaban J connectivity index is 2.07. The summed E-state index contributed by atoms with van der Waals surface area (Å²) in [5, 5.41) is 12.9. The minimum absolute atomic E-state index is 0.244. The van der Waals surface area contributed by atoms with E-state index in [1.807, 2.05) is 16.8 Å². The molecule has 0 amide bonds. The zero-order valence-electron chi connectivity index (χ0n) is 11.6. The molecule has 114 valence electrons. The van der Waals surface area contributed by atoms with Gasteiger partial charge >= 0.3 is 0 Å². The van der Waals surface area contributed by atoms with Crippen LogP contribution in [0.1, 0.15) is 30.0 Å². The van der Waals surface area contributed by atoms with Gasteiger partial charge in [-0.25, -0.2) is 12.8 Å². The normalized spacial score (nSPS) is 19.2. The summed E-state index contributed by atoms with van der Waals surface area (Å²) in [7, 11) is -3.90. The molecule has 1 aromatic carbocycles. The van der Waals surface area contributed by atoms with Crippen molar-refractivity contribution in [1.82, 2.24) is 4.31 Å². The van der Waals surface area contributed by atoms with Gasteiger partial charge in [0.1, 0.15) is 22.3 Å². The van der Waals surface area contributed by atoms with Crippen molar-refractivity contribution in [2.24, 2.45) is 0 Å². The average molecular weight is 336 g/mol. The van der Waals surface area contributed by atoms with E-state index >= 15 is 0 Å². The molecular weight excluding hydrogens is 323 g/mol. The summed E-state index contributed by atoms with van der Waals surface area (Å²) in [5.41, 5.74) is 0.527. The van der Waals surface area contributed by atoms with Gasteiger partial charge in [0.25, 0.3) is 0 Å². The Kier molecular flexibility index (Phi) is 4.00. The minimum Gasteiger partial charge on any atom is -0.207 e. The monoisotopic (exact) mass is 336 g/mol. The van der Waals surface area contributed by atoms with Crippen LogP contribution in [0.3, 0.4) is 0 Å². The molecule has 3 rings (SSSR count). The van der Waals surface area contributed by atoms with Crippen LogP contribution in [-0.4, -0.2) is 19.3 Å². The molecule has 2 heterocycles. The largest absolute Gasteiger partial charge is 0.245 e. The van der Waals surface area contributed by atoms with Crippen molar-refractivity contribution in [1.29, 1.82) is 5.26 Å². The van der Waals surface area contributed by atoms with E-state index in [0.717, 1.165) is 24.5 Å². The quantitative estimate of drug-likeness (QED) is 0.864. The second-order valence-electron chi connectivity index (χ2n) is 5.06. The lowest BCUT2D eigenvalue weighted by molar-refractivity contribution is 0.397. The average Bonchev–Trinajstić information content (AvgIpc) is 3.17. The number of hydrogen-bond acceptors (Lipinski definition) is 4. The summed E-state index contributed by atoms with van der Waals surface area (Å²) in [4.78, 5) is -0.253. The maximum atomic E-state index is 13.7. The third kappa shape index (κ3) is 2.43. The number of halogens is 1. The number of nitriles is 1. The van der Waals surface area contributed by atoms with Gasteiger partial charge in [-0.15, -0.1) is 0 Å². The zero-order chi connectivity index (χ0) is 15.7. The Morgan fingerprint density at radius 1 is 1.36 bits per heavy atom. The van der Waals surface area contributed by atoms with E-state index in [-0.39, 0.29) is 10.9 Å². The Labute approximate surface area is 132 Å². The predicted octanol–water partition coefficient (Wildman–Crippen LogP) is 3.28. The molecule has 1 aromatic heterocycles. The first kappa shape index (κ1) is 15.2. The van der Waals surface area contributed by atoms with Crippen molar-refractivity contribution >= 4 is 21.4 Å². The second kappa shape index (κ2) is 5.80.